The zero-order chi connectivity index (χ0) is 13.8. The van der Waals surface area contributed by atoms with Crippen molar-refractivity contribution in [1.82, 2.24) is 15.0 Å². The third-order valence-electron chi connectivity index (χ3n) is 2.80. The normalized spacial score (nSPS) is 10.4. The average molecular weight is 279 g/mol. The van der Waals surface area contributed by atoms with Crippen LogP contribution in [0.3, 0.4) is 0 Å². The first-order chi connectivity index (χ1) is 9.17. The van der Waals surface area contributed by atoms with Crippen LogP contribution in [0.5, 0.6) is 0 Å². The van der Waals surface area contributed by atoms with Gasteiger partial charge in [-0.25, -0.2) is 9.07 Å². The number of nitriles is 1. The Morgan fingerprint density at radius 3 is 2.89 bits per heavy atom. The summed E-state index contributed by atoms with van der Waals surface area (Å²) in [5.41, 5.74) is 1.36. The highest BCUT2D eigenvalue weighted by atomic mass is 35.5. The number of benzene rings is 1. The summed E-state index contributed by atoms with van der Waals surface area (Å²) in [7, 11) is 0. The second-order valence-electron chi connectivity index (χ2n) is 4.10. The van der Waals surface area contributed by atoms with Gasteiger partial charge in [-0.2, -0.15) is 5.26 Å². The predicted molar refractivity (Wildman–Crippen MR) is 69.2 cm³/mol. The second kappa shape index (κ2) is 5.81. The van der Waals surface area contributed by atoms with E-state index in [2.05, 4.69) is 10.3 Å². The lowest BCUT2D eigenvalue weighted by molar-refractivity contribution is 0.564. The molecule has 19 heavy (non-hydrogen) atoms. The highest BCUT2D eigenvalue weighted by molar-refractivity contribution is 6.31. The minimum atomic E-state index is -0.385. The van der Waals surface area contributed by atoms with Gasteiger partial charge in [0.05, 0.1) is 12.2 Å². The quantitative estimate of drug-likeness (QED) is 0.864. The second-order valence-corrected chi connectivity index (χ2v) is 4.51. The van der Waals surface area contributed by atoms with E-state index in [4.69, 9.17) is 16.9 Å². The molecule has 1 aromatic carbocycles. The first-order valence-electron chi connectivity index (χ1n) is 5.92. The van der Waals surface area contributed by atoms with Crippen molar-refractivity contribution >= 4 is 11.6 Å². The summed E-state index contributed by atoms with van der Waals surface area (Å²) in [5.74, 6) is -0.385. The summed E-state index contributed by atoms with van der Waals surface area (Å²) in [5, 5.41) is 17.0. The fraction of sp³-hybridized carbons (Fsp3) is 0.308. The van der Waals surface area contributed by atoms with E-state index in [1.54, 1.807) is 12.1 Å². The van der Waals surface area contributed by atoms with Crippen LogP contribution in [-0.2, 0) is 13.0 Å². The lowest BCUT2D eigenvalue weighted by Crippen LogP contribution is -2.09. The summed E-state index contributed by atoms with van der Waals surface area (Å²) >= 11 is 5.98. The van der Waals surface area contributed by atoms with Crippen molar-refractivity contribution in [3.05, 3.63) is 46.0 Å². The maximum atomic E-state index is 13.7. The smallest absolute Gasteiger partial charge is 0.185 e. The van der Waals surface area contributed by atoms with Crippen LogP contribution < -0.4 is 0 Å². The van der Waals surface area contributed by atoms with E-state index in [0.717, 1.165) is 6.42 Å². The molecule has 0 amide bonds. The van der Waals surface area contributed by atoms with Gasteiger partial charge in [0, 0.05) is 10.6 Å². The van der Waals surface area contributed by atoms with Gasteiger partial charge in [0.2, 0.25) is 0 Å². The van der Waals surface area contributed by atoms with Crippen LogP contribution in [0, 0.1) is 17.1 Å². The first kappa shape index (κ1) is 13.5. The molecule has 0 fully saturated rings. The van der Waals surface area contributed by atoms with E-state index in [1.165, 1.54) is 10.7 Å². The van der Waals surface area contributed by atoms with Crippen molar-refractivity contribution in [2.45, 2.75) is 26.3 Å². The molecular weight excluding hydrogens is 267 g/mol. The molecule has 0 bridgehead atoms. The molecule has 2 aromatic rings. The number of nitrogens with zero attached hydrogens (tertiary/aromatic N) is 4. The first-order valence-corrected chi connectivity index (χ1v) is 6.30. The standard InChI is InChI=1S/C13H12ClFN4/c1-2-4-13-12(7-16)17-18-19(13)8-9-10(14)5-3-6-11(9)15/h3,5-6H,2,4,8H2,1H3. The molecule has 0 saturated heterocycles. The van der Waals surface area contributed by atoms with Crippen molar-refractivity contribution in [2.75, 3.05) is 0 Å². The fourth-order valence-corrected chi connectivity index (χ4v) is 2.09. The highest BCUT2D eigenvalue weighted by Crippen LogP contribution is 2.21. The Balaban J connectivity index is 2.39. The van der Waals surface area contributed by atoms with Crippen LogP contribution in [-0.4, -0.2) is 15.0 Å². The zero-order valence-corrected chi connectivity index (χ0v) is 11.2. The Bertz CT molecular complexity index is 610. The van der Waals surface area contributed by atoms with Crippen LogP contribution in [0.2, 0.25) is 5.02 Å². The third kappa shape index (κ3) is 2.74. The van der Waals surface area contributed by atoms with Gasteiger partial charge < -0.3 is 0 Å². The number of rotatable bonds is 4. The summed E-state index contributed by atoms with van der Waals surface area (Å²) in [6, 6.07) is 6.52. The van der Waals surface area contributed by atoms with Crippen LogP contribution >= 0.6 is 11.6 Å². The van der Waals surface area contributed by atoms with Gasteiger partial charge in [-0.05, 0) is 18.6 Å². The highest BCUT2D eigenvalue weighted by Gasteiger charge is 2.15. The number of hydrogen-bond acceptors (Lipinski definition) is 3. The average Bonchev–Trinajstić information content (AvgIpc) is 2.77. The molecule has 0 aliphatic carbocycles. The minimum Gasteiger partial charge on any atom is -0.243 e. The van der Waals surface area contributed by atoms with Gasteiger partial charge in [-0.1, -0.05) is 36.2 Å². The third-order valence-corrected chi connectivity index (χ3v) is 3.15. The maximum absolute atomic E-state index is 13.7. The largest absolute Gasteiger partial charge is 0.243 e. The van der Waals surface area contributed by atoms with Gasteiger partial charge in [-0.15, -0.1) is 5.10 Å². The molecule has 1 heterocycles. The predicted octanol–water partition coefficient (Wildman–Crippen LogP) is 2.94. The van der Waals surface area contributed by atoms with E-state index >= 15 is 0 Å². The molecule has 4 nitrogen and oxygen atoms in total. The van der Waals surface area contributed by atoms with Gasteiger partial charge in [0.15, 0.2) is 5.69 Å². The van der Waals surface area contributed by atoms with E-state index in [9.17, 15) is 4.39 Å². The Morgan fingerprint density at radius 1 is 1.47 bits per heavy atom. The topological polar surface area (TPSA) is 54.5 Å². The summed E-state index contributed by atoms with van der Waals surface area (Å²) in [6.07, 6.45) is 1.52. The van der Waals surface area contributed by atoms with Crippen molar-refractivity contribution in [3.63, 3.8) is 0 Å². The van der Waals surface area contributed by atoms with E-state index in [-0.39, 0.29) is 18.1 Å². The number of halogens is 2. The molecule has 2 rings (SSSR count). The molecule has 1 aromatic heterocycles. The molecule has 0 aliphatic rings. The molecule has 0 spiro atoms. The summed E-state index contributed by atoms with van der Waals surface area (Å²) < 4.78 is 15.3. The summed E-state index contributed by atoms with van der Waals surface area (Å²) in [6.45, 7) is 2.17. The lowest BCUT2D eigenvalue weighted by atomic mass is 10.2. The lowest BCUT2D eigenvalue weighted by Gasteiger charge is -2.08. The SMILES string of the molecule is CCCc1c(C#N)nnn1Cc1c(F)cccc1Cl. The van der Waals surface area contributed by atoms with Crippen molar-refractivity contribution in [2.24, 2.45) is 0 Å². The monoisotopic (exact) mass is 278 g/mol. The molecule has 0 aliphatic heterocycles. The Morgan fingerprint density at radius 2 is 2.26 bits per heavy atom. The number of hydrogen-bond donors (Lipinski definition) is 0. The van der Waals surface area contributed by atoms with Crippen molar-refractivity contribution in [3.8, 4) is 6.07 Å². The van der Waals surface area contributed by atoms with Crippen molar-refractivity contribution < 1.29 is 4.39 Å². The van der Waals surface area contributed by atoms with E-state index < -0.39 is 0 Å². The molecular formula is C13H12ClFN4. The van der Waals surface area contributed by atoms with E-state index in [0.29, 0.717) is 22.7 Å². The van der Waals surface area contributed by atoms with Crippen molar-refractivity contribution in [1.29, 1.82) is 5.26 Å². The Labute approximate surface area is 115 Å². The molecule has 0 radical (unpaired) electrons. The molecule has 6 heteroatoms. The fourth-order valence-electron chi connectivity index (χ4n) is 1.86. The molecule has 0 atom stereocenters. The zero-order valence-electron chi connectivity index (χ0n) is 10.4. The number of aromatic nitrogens is 3. The molecule has 0 unspecified atom stereocenters. The maximum Gasteiger partial charge on any atom is 0.185 e. The van der Waals surface area contributed by atoms with Gasteiger partial charge >= 0.3 is 0 Å². The minimum absolute atomic E-state index is 0.176. The summed E-state index contributed by atoms with van der Waals surface area (Å²) in [4.78, 5) is 0. The molecule has 0 N–H and O–H groups in total. The van der Waals surface area contributed by atoms with Crippen LogP contribution in [0.15, 0.2) is 18.2 Å². The molecule has 0 saturated carbocycles. The van der Waals surface area contributed by atoms with Gasteiger partial charge in [-0.3, -0.25) is 0 Å². The van der Waals surface area contributed by atoms with Gasteiger partial charge in [0.1, 0.15) is 11.9 Å². The van der Waals surface area contributed by atoms with Crippen LogP contribution in [0.1, 0.15) is 30.3 Å². The van der Waals surface area contributed by atoms with Crippen LogP contribution in [0.25, 0.3) is 0 Å². The molecule has 98 valence electrons. The Kier molecular flexibility index (Phi) is 4.13. The van der Waals surface area contributed by atoms with E-state index in [1.807, 2.05) is 13.0 Å². The van der Waals surface area contributed by atoms with Crippen LogP contribution in [0.4, 0.5) is 4.39 Å². The Hall–Kier alpha value is -1.93. The van der Waals surface area contributed by atoms with Gasteiger partial charge in [0.25, 0.3) is 0 Å².